The van der Waals surface area contributed by atoms with Gasteiger partial charge in [0, 0.05) is 24.3 Å². The largest absolute Gasteiger partial charge is 0.477 e. The first kappa shape index (κ1) is 11.0. The van der Waals surface area contributed by atoms with Crippen LogP contribution >= 0.6 is 0 Å². The van der Waals surface area contributed by atoms with Crippen molar-refractivity contribution in [1.29, 1.82) is 0 Å². The fourth-order valence-electron chi connectivity index (χ4n) is 1.86. The van der Waals surface area contributed by atoms with Crippen molar-refractivity contribution in [2.45, 2.75) is 45.2 Å². The average molecular weight is 232 g/mol. The van der Waals surface area contributed by atoms with Crippen LogP contribution in [0.15, 0.2) is 12.1 Å². The van der Waals surface area contributed by atoms with Crippen LogP contribution in [0.5, 0.6) is 5.88 Å². The van der Waals surface area contributed by atoms with E-state index in [0.29, 0.717) is 0 Å². The number of rotatable bonds is 6. The molecule has 2 aliphatic carbocycles. The molecule has 1 aromatic heterocycles. The second kappa shape index (κ2) is 4.65. The Balaban J connectivity index is 1.56. The molecule has 0 radical (unpaired) electrons. The van der Waals surface area contributed by atoms with Gasteiger partial charge in [0.15, 0.2) is 0 Å². The third-order valence-corrected chi connectivity index (χ3v) is 3.49. The second-order valence-electron chi connectivity index (χ2n) is 5.30. The lowest BCUT2D eigenvalue weighted by Crippen LogP contribution is -2.16. The summed E-state index contributed by atoms with van der Waals surface area (Å²) in [5.41, 5.74) is 2.38. The number of hydrogen-bond acceptors (Lipinski definition) is 3. The van der Waals surface area contributed by atoms with Crippen LogP contribution in [0.1, 0.15) is 36.9 Å². The third kappa shape index (κ3) is 3.19. The fraction of sp³-hybridized carbons (Fsp3) is 0.643. The van der Waals surface area contributed by atoms with Crippen molar-refractivity contribution in [1.82, 2.24) is 10.3 Å². The van der Waals surface area contributed by atoms with Gasteiger partial charge in [-0.2, -0.15) is 0 Å². The average Bonchev–Trinajstić information content (AvgIpc) is 3.18. The predicted molar refractivity (Wildman–Crippen MR) is 67.1 cm³/mol. The Kier molecular flexibility index (Phi) is 3.02. The SMILES string of the molecule is Cc1nc(OCC2CC2)ccc1CNC1CC1. The molecule has 1 aromatic rings. The van der Waals surface area contributed by atoms with Crippen LogP contribution in [0.4, 0.5) is 0 Å². The molecule has 1 heterocycles. The fourth-order valence-corrected chi connectivity index (χ4v) is 1.86. The van der Waals surface area contributed by atoms with Crippen molar-refractivity contribution in [3.05, 3.63) is 23.4 Å². The van der Waals surface area contributed by atoms with Gasteiger partial charge < -0.3 is 10.1 Å². The summed E-state index contributed by atoms with van der Waals surface area (Å²) in [5.74, 6) is 1.57. The topological polar surface area (TPSA) is 34.1 Å². The minimum atomic E-state index is 0.750. The van der Waals surface area contributed by atoms with Gasteiger partial charge in [0.05, 0.1) is 6.61 Å². The number of aromatic nitrogens is 1. The van der Waals surface area contributed by atoms with E-state index in [1.165, 1.54) is 31.2 Å². The smallest absolute Gasteiger partial charge is 0.213 e. The van der Waals surface area contributed by atoms with Gasteiger partial charge in [-0.3, -0.25) is 0 Å². The summed E-state index contributed by atoms with van der Waals surface area (Å²) in [7, 11) is 0. The Bertz CT molecular complexity index is 397. The Hall–Kier alpha value is -1.09. The summed E-state index contributed by atoms with van der Waals surface area (Å²) < 4.78 is 5.67. The van der Waals surface area contributed by atoms with E-state index >= 15 is 0 Å². The molecule has 0 unspecified atom stereocenters. The van der Waals surface area contributed by atoms with Crippen LogP contribution in [0.25, 0.3) is 0 Å². The highest BCUT2D eigenvalue weighted by molar-refractivity contribution is 5.25. The van der Waals surface area contributed by atoms with E-state index in [2.05, 4.69) is 23.3 Å². The van der Waals surface area contributed by atoms with E-state index < -0.39 is 0 Å². The maximum absolute atomic E-state index is 5.67. The van der Waals surface area contributed by atoms with Gasteiger partial charge >= 0.3 is 0 Å². The van der Waals surface area contributed by atoms with Crippen LogP contribution in [0.2, 0.25) is 0 Å². The summed E-state index contributed by atoms with van der Waals surface area (Å²) in [6.07, 6.45) is 5.30. The van der Waals surface area contributed by atoms with Crippen molar-refractivity contribution in [2.24, 2.45) is 5.92 Å². The monoisotopic (exact) mass is 232 g/mol. The molecule has 0 bridgehead atoms. The zero-order chi connectivity index (χ0) is 11.7. The Morgan fingerprint density at radius 2 is 2.12 bits per heavy atom. The molecule has 2 fully saturated rings. The van der Waals surface area contributed by atoms with E-state index in [1.54, 1.807) is 0 Å². The number of ether oxygens (including phenoxy) is 1. The summed E-state index contributed by atoms with van der Waals surface area (Å²) >= 11 is 0. The number of pyridine rings is 1. The molecule has 1 N–H and O–H groups in total. The molecule has 3 nitrogen and oxygen atoms in total. The third-order valence-electron chi connectivity index (χ3n) is 3.49. The summed E-state index contributed by atoms with van der Waals surface area (Å²) in [5, 5.41) is 3.51. The summed E-state index contributed by atoms with van der Waals surface area (Å²) in [6.45, 7) is 3.84. The molecular formula is C14H20N2O. The van der Waals surface area contributed by atoms with Gasteiger partial charge in [-0.05, 0) is 44.1 Å². The molecule has 0 aliphatic heterocycles. The first-order chi connectivity index (χ1) is 8.31. The van der Waals surface area contributed by atoms with Gasteiger partial charge in [0.25, 0.3) is 0 Å². The Morgan fingerprint density at radius 3 is 2.76 bits per heavy atom. The number of nitrogens with one attached hydrogen (secondary N) is 1. The van der Waals surface area contributed by atoms with Crippen molar-refractivity contribution in [3.8, 4) is 5.88 Å². The van der Waals surface area contributed by atoms with E-state index in [1.807, 2.05) is 6.07 Å². The summed E-state index contributed by atoms with van der Waals surface area (Å²) in [4.78, 5) is 4.51. The quantitative estimate of drug-likeness (QED) is 0.818. The van der Waals surface area contributed by atoms with E-state index in [-0.39, 0.29) is 0 Å². The van der Waals surface area contributed by atoms with Crippen LogP contribution in [-0.4, -0.2) is 17.6 Å². The number of aryl methyl sites for hydroxylation is 1. The van der Waals surface area contributed by atoms with Gasteiger partial charge in [-0.15, -0.1) is 0 Å². The molecule has 0 saturated heterocycles. The van der Waals surface area contributed by atoms with E-state index in [4.69, 9.17) is 4.74 Å². The Labute approximate surface area is 103 Å². The van der Waals surface area contributed by atoms with E-state index in [0.717, 1.165) is 36.7 Å². The van der Waals surface area contributed by atoms with Crippen molar-refractivity contribution < 1.29 is 4.74 Å². The normalized spacial score (nSPS) is 19.4. The highest BCUT2D eigenvalue weighted by atomic mass is 16.5. The minimum absolute atomic E-state index is 0.750. The molecule has 2 saturated carbocycles. The highest BCUT2D eigenvalue weighted by Crippen LogP contribution is 2.29. The molecule has 0 atom stereocenters. The standard InChI is InChI=1S/C14H20N2O/c1-10-12(8-15-13-5-6-13)4-7-14(16-10)17-9-11-2-3-11/h4,7,11,13,15H,2-3,5-6,8-9H2,1H3. The molecule has 0 aromatic carbocycles. The zero-order valence-corrected chi connectivity index (χ0v) is 10.4. The molecule has 2 aliphatic rings. The lowest BCUT2D eigenvalue weighted by Gasteiger charge is -2.09. The molecule has 0 spiro atoms. The number of hydrogen-bond donors (Lipinski definition) is 1. The van der Waals surface area contributed by atoms with Crippen LogP contribution < -0.4 is 10.1 Å². The maximum atomic E-state index is 5.67. The van der Waals surface area contributed by atoms with Gasteiger partial charge in [-0.25, -0.2) is 4.98 Å². The Morgan fingerprint density at radius 1 is 1.29 bits per heavy atom. The molecule has 0 amide bonds. The van der Waals surface area contributed by atoms with E-state index in [9.17, 15) is 0 Å². The lowest BCUT2D eigenvalue weighted by atomic mass is 10.2. The molecule has 92 valence electrons. The molecular weight excluding hydrogens is 212 g/mol. The predicted octanol–water partition coefficient (Wildman–Crippen LogP) is 2.43. The maximum Gasteiger partial charge on any atom is 0.213 e. The second-order valence-corrected chi connectivity index (χ2v) is 5.30. The highest BCUT2D eigenvalue weighted by Gasteiger charge is 2.22. The van der Waals surface area contributed by atoms with Crippen molar-refractivity contribution >= 4 is 0 Å². The van der Waals surface area contributed by atoms with Crippen LogP contribution in [0.3, 0.4) is 0 Å². The molecule has 17 heavy (non-hydrogen) atoms. The van der Waals surface area contributed by atoms with Crippen molar-refractivity contribution in [3.63, 3.8) is 0 Å². The van der Waals surface area contributed by atoms with Gasteiger partial charge in [0.1, 0.15) is 0 Å². The lowest BCUT2D eigenvalue weighted by molar-refractivity contribution is 0.288. The first-order valence-electron chi connectivity index (χ1n) is 6.64. The zero-order valence-electron chi connectivity index (χ0n) is 10.4. The first-order valence-corrected chi connectivity index (χ1v) is 6.64. The molecule has 3 heteroatoms. The van der Waals surface area contributed by atoms with Gasteiger partial charge in [0.2, 0.25) is 5.88 Å². The summed E-state index contributed by atoms with van der Waals surface area (Å²) in [6, 6.07) is 4.89. The van der Waals surface area contributed by atoms with Crippen LogP contribution in [0, 0.1) is 12.8 Å². The molecule has 3 rings (SSSR count). The minimum Gasteiger partial charge on any atom is -0.477 e. The van der Waals surface area contributed by atoms with Crippen LogP contribution in [-0.2, 0) is 6.54 Å². The van der Waals surface area contributed by atoms with Gasteiger partial charge in [-0.1, -0.05) is 6.07 Å². The van der Waals surface area contributed by atoms with Crippen molar-refractivity contribution in [2.75, 3.05) is 6.61 Å². The number of nitrogens with zero attached hydrogens (tertiary/aromatic N) is 1.